The van der Waals surface area contributed by atoms with Crippen LogP contribution in [0.1, 0.15) is 39.5 Å². The lowest BCUT2D eigenvalue weighted by Gasteiger charge is -2.41. The summed E-state index contributed by atoms with van der Waals surface area (Å²) in [6.45, 7) is 3.87. The molecule has 1 rings (SSSR count). The van der Waals surface area contributed by atoms with Gasteiger partial charge in [0.2, 0.25) is 5.91 Å². The molecule has 1 aliphatic rings. The van der Waals surface area contributed by atoms with E-state index in [0.717, 1.165) is 20.0 Å². The largest absolute Gasteiger partial charge is 0.406 e. The topological polar surface area (TPSA) is 56.7 Å². The third-order valence-corrected chi connectivity index (χ3v) is 4.35. The zero-order valence-electron chi connectivity index (χ0n) is 14.1. The Morgan fingerprint density at radius 3 is 2.35 bits per heavy atom. The van der Waals surface area contributed by atoms with Crippen LogP contribution in [0.4, 0.5) is 13.2 Å². The molecule has 5 nitrogen and oxygen atoms in total. The second-order valence-corrected chi connectivity index (χ2v) is 6.12. The van der Waals surface area contributed by atoms with Crippen LogP contribution < -0.4 is 10.6 Å². The Bertz CT molecular complexity index is 414. The minimum Gasteiger partial charge on any atom is -0.357 e. The van der Waals surface area contributed by atoms with Crippen molar-refractivity contribution in [2.45, 2.75) is 45.7 Å². The van der Waals surface area contributed by atoms with Gasteiger partial charge in [0.1, 0.15) is 13.1 Å². The summed E-state index contributed by atoms with van der Waals surface area (Å²) < 4.78 is 36.8. The normalized spacial score (nSPS) is 17.4. The van der Waals surface area contributed by atoms with Gasteiger partial charge in [0.05, 0.1) is 0 Å². The maximum Gasteiger partial charge on any atom is 0.406 e. The Kier molecular flexibility index (Phi) is 7.15. The number of likely N-dealkylation sites (N-methyl/N-ethyl adjacent to an activating group) is 1. The minimum atomic E-state index is -4.39. The predicted octanol–water partition coefficient (Wildman–Crippen LogP) is 2.14. The highest BCUT2D eigenvalue weighted by Crippen LogP contribution is 2.42. The SMILES string of the molecule is CCNC(=NCC(=O)N(C)CC(F)(F)F)NCC1(CC)CCC1. The number of carbonyl (C=O) groups is 1. The van der Waals surface area contributed by atoms with E-state index in [1.165, 1.54) is 19.3 Å². The van der Waals surface area contributed by atoms with Gasteiger partial charge in [-0.1, -0.05) is 13.3 Å². The molecular weight excluding hydrogens is 309 g/mol. The highest BCUT2D eigenvalue weighted by atomic mass is 19.4. The molecule has 0 aliphatic heterocycles. The van der Waals surface area contributed by atoms with Gasteiger partial charge in [-0.05, 0) is 31.6 Å². The molecule has 1 amide bonds. The van der Waals surface area contributed by atoms with Gasteiger partial charge in [0.25, 0.3) is 0 Å². The molecule has 134 valence electrons. The van der Waals surface area contributed by atoms with Gasteiger partial charge in [-0.2, -0.15) is 13.2 Å². The summed E-state index contributed by atoms with van der Waals surface area (Å²) in [6, 6.07) is 0. The highest BCUT2D eigenvalue weighted by molar-refractivity contribution is 5.84. The third-order valence-electron chi connectivity index (χ3n) is 4.35. The Hall–Kier alpha value is -1.47. The number of hydrogen-bond donors (Lipinski definition) is 2. The number of hydrogen-bond acceptors (Lipinski definition) is 2. The van der Waals surface area contributed by atoms with Crippen molar-refractivity contribution in [1.82, 2.24) is 15.5 Å². The number of halogens is 3. The van der Waals surface area contributed by atoms with E-state index < -0.39 is 18.6 Å². The fraction of sp³-hybridized carbons (Fsp3) is 0.867. The summed E-state index contributed by atoms with van der Waals surface area (Å²) in [5.41, 5.74) is 0.285. The highest BCUT2D eigenvalue weighted by Gasteiger charge is 2.35. The van der Waals surface area contributed by atoms with E-state index >= 15 is 0 Å². The van der Waals surface area contributed by atoms with Gasteiger partial charge < -0.3 is 15.5 Å². The van der Waals surface area contributed by atoms with E-state index in [0.29, 0.717) is 17.4 Å². The molecule has 1 saturated carbocycles. The molecule has 0 bridgehead atoms. The zero-order chi connectivity index (χ0) is 17.5. The quantitative estimate of drug-likeness (QED) is 0.553. The first-order valence-electron chi connectivity index (χ1n) is 8.04. The van der Waals surface area contributed by atoms with Gasteiger partial charge in [-0.25, -0.2) is 4.99 Å². The smallest absolute Gasteiger partial charge is 0.357 e. The molecule has 0 saturated heterocycles. The average molecular weight is 336 g/mol. The van der Waals surface area contributed by atoms with E-state index in [2.05, 4.69) is 22.5 Å². The van der Waals surface area contributed by atoms with Crippen molar-refractivity contribution in [3.05, 3.63) is 0 Å². The first kappa shape index (κ1) is 19.6. The minimum absolute atomic E-state index is 0.285. The van der Waals surface area contributed by atoms with Crippen molar-refractivity contribution in [2.75, 3.05) is 33.2 Å². The van der Waals surface area contributed by atoms with Gasteiger partial charge in [0.15, 0.2) is 5.96 Å². The van der Waals surface area contributed by atoms with Crippen molar-refractivity contribution in [3.63, 3.8) is 0 Å². The molecule has 0 aromatic rings. The monoisotopic (exact) mass is 336 g/mol. The standard InChI is InChI=1S/C15H27F3N4O/c1-4-14(7-6-8-14)10-21-13(19-5-2)20-9-12(23)22(3)11-15(16,17)18/h4-11H2,1-3H3,(H2,19,20,21). The van der Waals surface area contributed by atoms with E-state index in [1.54, 1.807) is 0 Å². The van der Waals surface area contributed by atoms with Crippen molar-refractivity contribution in [2.24, 2.45) is 10.4 Å². The van der Waals surface area contributed by atoms with Gasteiger partial charge >= 0.3 is 6.18 Å². The first-order chi connectivity index (χ1) is 10.7. The summed E-state index contributed by atoms with van der Waals surface area (Å²) in [7, 11) is 1.13. The lowest BCUT2D eigenvalue weighted by Crippen LogP contribution is -2.46. The van der Waals surface area contributed by atoms with Gasteiger partial charge in [0, 0.05) is 20.1 Å². The van der Waals surface area contributed by atoms with Crippen LogP contribution >= 0.6 is 0 Å². The first-order valence-corrected chi connectivity index (χ1v) is 8.04. The van der Waals surface area contributed by atoms with Crippen LogP contribution in [-0.2, 0) is 4.79 Å². The van der Waals surface area contributed by atoms with Crippen LogP contribution in [0, 0.1) is 5.41 Å². The maximum atomic E-state index is 12.3. The summed E-state index contributed by atoms with van der Waals surface area (Å²) >= 11 is 0. The number of rotatable bonds is 7. The number of aliphatic imine (C=N–C) groups is 1. The lowest BCUT2D eigenvalue weighted by molar-refractivity contribution is -0.157. The predicted molar refractivity (Wildman–Crippen MR) is 84.2 cm³/mol. The summed E-state index contributed by atoms with van der Waals surface area (Å²) in [6.07, 6.45) is 0.248. The van der Waals surface area contributed by atoms with E-state index in [1.807, 2.05) is 6.92 Å². The van der Waals surface area contributed by atoms with Crippen molar-refractivity contribution >= 4 is 11.9 Å². The lowest BCUT2D eigenvalue weighted by atomic mass is 9.67. The van der Waals surface area contributed by atoms with Crippen molar-refractivity contribution in [3.8, 4) is 0 Å². The maximum absolute atomic E-state index is 12.3. The molecule has 1 aliphatic carbocycles. The number of carbonyl (C=O) groups excluding carboxylic acids is 1. The molecule has 0 radical (unpaired) electrons. The van der Waals surface area contributed by atoms with E-state index in [-0.39, 0.29) is 12.0 Å². The second-order valence-electron chi connectivity index (χ2n) is 6.12. The Morgan fingerprint density at radius 2 is 1.91 bits per heavy atom. The molecule has 1 fully saturated rings. The molecule has 0 aromatic heterocycles. The number of nitrogens with one attached hydrogen (secondary N) is 2. The fourth-order valence-corrected chi connectivity index (χ4v) is 2.57. The van der Waals surface area contributed by atoms with Gasteiger partial charge in [-0.3, -0.25) is 4.79 Å². The Morgan fingerprint density at radius 1 is 1.26 bits per heavy atom. The number of guanidine groups is 1. The van der Waals surface area contributed by atoms with Crippen LogP contribution in [0.15, 0.2) is 4.99 Å². The molecule has 0 spiro atoms. The molecule has 0 atom stereocenters. The van der Waals surface area contributed by atoms with Crippen LogP contribution in [0.5, 0.6) is 0 Å². The Balaban J connectivity index is 2.52. The van der Waals surface area contributed by atoms with E-state index in [9.17, 15) is 18.0 Å². The van der Waals surface area contributed by atoms with Gasteiger partial charge in [-0.15, -0.1) is 0 Å². The molecule has 23 heavy (non-hydrogen) atoms. The zero-order valence-corrected chi connectivity index (χ0v) is 14.1. The Labute approximate surface area is 135 Å². The second kappa shape index (κ2) is 8.40. The molecule has 0 aromatic carbocycles. The summed E-state index contributed by atoms with van der Waals surface area (Å²) in [4.78, 5) is 16.5. The number of alkyl halides is 3. The van der Waals surface area contributed by atoms with E-state index in [4.69, 9.17) is 0 Å². The fourth-order valence-electron chi connectivity index (χ4n) is 2.57. The van der Waals surface area contributed by atoms with Crippen molar-refractivity contribution in [1.29, 1.82) is 0 Å². The third kappa shape index (κ3) is 6.66. The number of nitrogens with zero attached hydrogens (tertiary/aromatic N) is 2. The summed E-state index contributed by atoms with van der Waals surface area (Å²) in [5.74, 6) is -0.186. The van der Waals surface area contributed by atoms with Crippen LogP contribution in [0.25, 0.3) is 0 Å². The molecule has 2 N–H and O–H groups in total. The van der Waals surface area contributed by atoms with Crippen LogP contribution in [-0.4, -0.2) is 56.2 Å². The van der Waals surface area contributed by atoms with Crippen LogP contribution in [0.2, 0.25) is 0 Å². The molecule has 0 unspecified atom stereocenters. The number of amides is 1. The average Bonchev–Trinajstić information content (AvgIpc) is 2.41. The van der Waals surface area contributed by atoms with Crippen LogP contribution in [0.3, 0.4) is 0 Å². The molecule has 0 heterocycles. The van der Waals surface area contributed by atoms with Crippen molar-refractivity contribution < 1.29 is 18.0 Å². The summed E-state index contributed by atoms with van der Waals surface area (Å²) in [5, 5.41) is 6.22. The molecule has 8 heteroatoms. The molecular formula is C15H27F3N4O.